The number of aromatic nitrogens is 2. The first kappa shape index (κ1) is 12.3. The molecule has 1 aromatic rings. The number of aliphatic hydroxyl groups excluding tert-OH is 1. The summed E-state index contributed by atoms with van der Waals surface area (Å²) < 4.78 is 0.686. The van der Waals surface area contributed by atoms with Gasteiger partial charge >= 0.3 is 5.97 Å². The Kier molecular flexibility index (Phi) is 3.58. The lowest BCUT2D eigenvalue weighted by Gasteiger charge is -2.17. The van der Waals surface area contributed by atoms with E-state index in [0.29, 0.717) is 16.7 Å². The van der Waals surface area contributed by atoms with Gasteiger partial charge in [0.2, 0.25) is 0 Å². The van der Waals surface area contributed by atoms with E-state index >= 15 is 0 Å². The fourth-order valence-corrected chi connectivity index (χ4v) is 2.30. The van der Waals surface area contributed by atoms with Crippen LogP contribution in [0.5, 0.6) is 0 Å². The summed E-state index contributed by atoms with van der Waals surface area (Å²) in [5.41, 5.74) is 0. The molecule has 0 saturated heterocycles. The van der Waals surface area contributed by atoms with Crippen LogP contribution < -0.4 is 5.32 Å². The molecule has 1 heterocycles. The molecule has 0 bridgehead atoms. The predicted octanol–water partition coefficient (Wildman–Crippen LogP) is 0.875. The van der Waals surface area contributed by atoms with Gasteiger partial charge in [-0.1, -0.05) is 0 Å². The van der Waals surface area contributed by atoms with Crippen molar-refractivity contribution in [1.82, 2.24) is 9.97 Å². The van der Waals surface area contributed by atoms with Gasteiger partial charge in [0, 0.05) is 6.20 Å². The smallest absolute Gasteiger partial charge is 0.306 e. The Hall–Kier alpha value is -1.21. The third-order valence-corrected chi connectivity index (χ3v) is 3.45. The van der Waals surface area contributed by atoms with Crippen molar-refractivity contribution >= 4 is 27.7 Å². The quantitative estimate of drug-likeness (QED) is 0.767. The van der Waals surface area contributed by atoms with E-state index in [1.54, 1.807) is 6.20 Å². The molecule has 0 radical (unpaired) electrons. The molecule has 0 aromatic carbocycles. The number of carboxylic acids is 1. The summed E-state index contributed by atoms with van der Waals surface area (Å²) in [5, 5.41) is 21.7. The molecule has 3 N–H and O–H groups in total. The molecule has 1 aliphatic carbocycles. The van der Waals surface area contributed by atoms with Gasteiger partial charge < -0.3 is 15.5 Å². The van der Waals surface area contributed by atoms with E-state index in [1.165, 1.54) is 6.33 Å². The van der Waals surface area contributed by atoms with E-state index in [2.05, 4.69) is 31.2 Å². The van der Waals surface area contributed by atoms with E-state index in [0.717, 1.165) is 0 Å². The monoisotopic (exact) mass is 301 g/mol. The third kappa shape index (κ3) is 2.73. The van der Waals surface area contributed by atoms with Crippen molar-refractivity contribution in [2.24, 2.45) is 5.92 Å². The highest BCUT2D eigenvalue weighted by Gasteiger charge is 2.37. The Morgan fingerprint density at radius 3 is 2.88 bits per heavy atom. The number of aliphatic hydroxyl groups is 1. The Bertz CT molecular complexity index is 429. The first-order valence-electron chi connectivity index (χ1n) is 5.21. The molecular weight excluding hydrogens is 290 g/mol. The van der Waals surface area contributed by atoms with Gasteiger partial charge in [-0.05, 0) is 28.8 Å². The molecule has 7 heteroatoms. The minimum Gasteiger partial charge on any atom is -0.481 e. The predicted molar refractivity (Wildman–Crippen MR) is 63.5 cm³/mol. The van der Waals surface area contributed by atoms with Crippen LogP contribution in [-0.2, 0) is 4.79 Å². The minimum atomic E-state index is -0.866. The zero-order chi connectivity index (χ0) is 12.4. The maximum Gasteiger partial charge on any atom is 0.306 e. The third-order valence-electron chi connectivity index (χ3n) is 2.87. The number of anilines is 1. The maximum absolute atomic E-state index is 10.8. The van der Waals surface area contributed by atoms with Crippen molar-refractivity contribution in [3.63, 3.8) is 0 Å². The second-order valence-corrected chi connectivity index (χ2v) is 4.90. The van der Waals surface area contributed by atoms with Crippen LogP contribution in [0.4, 0.5) is 5.82 Å². The molecular formula is C10H12BrN3O3. The summed E-state index contributed by atoms with van der Waals surface area (Å²) >= 11 is 3.28. The first-order chi connectivity index (χ1) is 8.08. The summed E-state index contributed by atoms with van der Waals surface area (Å²) in [6.07, 6.45) is 2.98. The number of rotatable bonds is 3. The van der Waals surface area contributed by atoms with Crippen molar-refractivity contribution in [2.45, 2.75) is 25.0 Å². The fraction of sp³-hybridized carbons (Fsp3) is 0.500. The molecule has 6 nitrogen and oxygen atoms in total. The van der Waals surface area contributed by atoms with Crippen molar-refractivity contribution in [3.8, 4) is 0 Å². The number of nitrogens with one attached hydrogen (secondary N) is 1. The molecule has 1 aliphatic rings. The van der Waals surface area contributed by atoms with Gasteiger partial charge in [0.15, 0.2) is 0 Å². The van der Waals surface area contributed by atoms with Crippen LogP contribution >= 0.6 is 15.9 Å². The van der Waals surface area contributed by atoms with E-state index in [-0.39, 0.29) is 12.5 Å². The molecule has 2 rings (SSSR count). The lowest BCUT2D eigenvalue weighted by Crippen LogP contribution is -2.28. The van der Waals surface area contributed by atoms with E-state index in [9.17, 15) is 9.90 Å². The van der Waals surface area contributed by atoms with Crippen LogP contribution in [0.15, 0.2) is 17.0 Å². The zero-order valence-corrected chi connectivity index (χ0v) is 10.5. The Balaban J connectivity index is 2.05. The zero-order valence-electron chi connectivity index (χ0n) is 8.88. The van der Waals surface area contributed by atoms with Crippen LogP contribution in [0.2, 0.25) is 0 Å². The Morgan fingerprint density at radius 1 is 1.53 bits per heavy atom. The van der Waals surface area contributed by atoms with Crippen LogP contribution in [-0.4, -0.2) is 38.3 Å². The number of halogens is 1. The highest BCUT2D eigenvalue weighted by atomic mass is 79.9. The van der Waals surface area contributed by atoms with Crippen molar-refractivity contribution < 1.29 is 15.0 Å². The summed E-state index contributed by atoms with van der Waals surface area (Å²) in [6.45, 7) is 0. The molecule has 0 aliphatic heterocycles. The average Bonchev–Trinajstić information content (AvgIpc) is 2.64. The molecule has 0 amide bonds. The number of hydrogen-bond donors (Lipinski definition) is 3. The summed E-state index contributed by atoms with van der Waals surface area (Å²) in [7, 11) is 0. The van der Waals surface area contributed by atoms with E-state index in [4.69, 9.17) is 5.11 Å². The van der Waals surface area contributed by atoms with E-state index in [1.807, 2.05) is 0 Å². The van der Waals surface area contributed by atoms with Gasteiger partial charge in [-0.15, -0.1) is 0 Å². The average molecular weight is 302 g/mol. The molecule has 1 saturated carbocycles. The summed E-state index contributed by atoms with van der Waals surface area (Å²) in [6, 6.07) is -0.290. The topological polar surface area (TPSA) is 95.3 Å². The normalized spacial score (nSPS) is 28.0. The van der Waals surface area contributed by atoms with Crippen molar-refractivity contribution in [3.05, 3.63) is 17.0 Å². The standard InChI is InChI=1S/C10H12BrN3O3/c11-6-3-12-4-13-9(6)14-7-1-5(10(16)17)2-8(7)15/h3-5,7-8,15H,1-2H2,(H,16,17)(H,12,13,14). The molecule has 0 spiro atoms. The number of hydrogen-bond acceptors (Lipinski definition) is 5. The first-order valence-corrected chi connectivity index (χ1v) is 6.00. The van der Waals surface area contributed by atoms with Gasteiger partial charge in [0.1, 0.15) is 12.1 Å². The molecule has 1 aromatic heterocycles. The summed E-state index contributed by atoms with van der Waals surface area (Å²) in [5.74, 6) is -0.798. The largest absolute Gasteiger partial charge is 0.481 e. The lowest BCUT2D eigenvalue weighted by molar-refractivity contribution is -0.141. The van der Waals surface area contributed by atoms with Gasteiger partial charge in [-0.25, -0.2) is 9.97 Å². The SMILES string of the molecule is O=C(O)C1CC(O)C(Nc2ncncc2Br)C1. The number of carbonyl (C=O) groups is 1. The second-order valence-electron chi connectivity index (χ2n) is 4.04. The van der Waals surface area contributed by atoms with Crippen LogP contribution in [0.1, 0.15) is 12.8 Å². The molecule has 3 atom stereocenters. The van der Waals surface area contributed by atoms with Gasteiger partial charge in [0.05, 0.1) is 22.5 Å². The van der Waals surface area contributed by atoms with Crippen LogP contribution in [0.3, 0.4) is 0 Å². The van der Waals surface area contributed by atoms with Gasteiger partial charge in [-0.3, -0.25) is 4.79 Å². The maximum atomic E-state index is 10.8. The molecule has 92 valence electrons. The summed E-state index contributed by atoms with van der Waals surface area (Å²) in [4.78, 5) is 18.7. The highest BCUT2D eigenvalue weighted by molar-refractivity contribution is 9.10. The molecule has 17 heavy (non-hydrogen) atoms. The van der Waals surface area contributed by atoms with Crippen LogP contribution in [0.25, 0.3) is 0 Å². The lowest BCUT2D eigenvalue weighted by atomic mass is 10.1. The minimum absolute atomic E-state index is 0.274. The van der Waals surface area contributed by atoms with E-state index < -0.39 is 18.0 Å². The fourth-order valence-electron chi connectivity index (χ4n) is 1.97. The highest BCUT2D eigenvalue weighted by Crippen LogP contribution is 2.29. The Labute approximate surface area is 106 Å². The van der Waals surface area contributed by atoms with Crippen molar-refractivity contribution in [2.75, 3.05) is 5.32 Å². The van der Waals surface area contributed by atoms with Gasteiger partial charge in [0.25, 0.3) is 0 Å². The number of carboxylic acid groups (broad SMARTS) is 1. The second kappa shape index (κ2) is 4.97. The Morgan fingerprint density at radius 2 is 2.29 bits per heavy atom. The number of aliphatic carboxylic acids is 1. The van der Waals surface area contributed by atoms with Crippen molar-refractivity contribution in [1.29, 1.82) is 0 Å². The molecule has 1 fully saturated rings. The van der Waals surface area contributed by atoms with Crippen LogP contribution in [0, 0.1) is 5.92 Å². The molecule has 3 unspecified atom stereocenters. The van der Waals surface area contributed by atoms with Gasteiger partial charge in [-0.2, -0.15) is 0 Å². The number of nitrogens with zero attached hydrogens (tertiary/aromatic N) is 2.